The maximum Gasteiger partial charge on any atom is 0.167 e. The van der Waals surface area contributed by atoms with Gasteiger partial charge in [0.1, 0.15) is 17.3 Å². The van der Waals surface area contributed by atoms with Gasteiger partial charge in [-0.15, -0.1) is 0 Å². The maximum absolute atomic E-state index is 13.5. The van der Waals surface area contributed by atoms with Gasteiger partial charge < -0.3 is 15.8 Å². The Bertz CT molecular complexity index is 612. The first-order valence-electron chi connectivity index (χ1n) is 5.95. The van der Waals surface area contributed by atoms with E-state index in [-0.39, 0.29) is 29.4 Å². The van der Waals surface area contributed by atoms with Crippen LogP contribution in [0.4, 0.5) is 30.2 Å². The zero-order valence-corrected chi connectivity index (χ0v) is 10.7. The number of nitrogen functional groups attached to an aromatic ring is 1. The molecule has 0 aliphatic heterocycles. The van der Waals surface area contributed by atoms with Crippen LogP contribution in [0.5, 0.6) is 5.75 Å². The van der Waals surface area contributed by atoms with Crippen molar-refractivity contribution in [2.75, 3.05) is 17.7 Å². The molecule has 0 saturated heterocycles. The van der Waals surface area contributed by atoms with Crippen LogP contribution in [0.2, 0.25) is 0 Å². The van der Waals surface area contributed by atoms with Crippen molar-refractivity contribution >= 4 is 17.1 Å². The van der Waals surface area contributed by atoms with Crippen molar-refractivity contribution in [1.29, 1.82) is 0 Å². The Morgan fingerprint density at radius 3 is 2.35 bits per heavy atom. The van der Waals surface area contributed by atoms with Crippen molar-refractivity contribution in [3.05, 3.63) is 47.8 Å². The molecule has 0 aromatic heterocycles. The molecule has 6 heteroatoms. The zero-order chi connectivity index (χ0) is 14.7. The van der Waals surface area contributed by atoms with Crippen molar-refractivity contribution in [3.63, 3.8) is 0 Å². The molecular weight excluding hydrogens is 269 g/mol. The van der Waals surface area contributed by atoms with E-state index in [9.17, 15) is 13.2 Å². The Labute approximate surface area is 114 Å². The minimum absolute atomic E-state index is 0.0219. The van der Waals surface area contributed by atoms with E-state index >= 15 is 0 Å². The van der Waals surface area contributed by atoms with Crippen LogP contribution in [-0.4, -0.2) is 6.61 Å². The molecule has 0 heterocycles. The van der Waals surface area contributed by atoms with Crippen LogP contribution in [0.25, 0.3) is 0 Å². The number of hydrogen-bond acceptors (Lipinski definition) is 3. The van der Waals surface area contributed by atoms with Gasteiger partial charge in [0, 0.05) is 12.1 Å². The Balaban J connectivity index is 2.40. The van der Waals surface area contributed by atoms with Crippen LogP contribution in [0, 0.1) is 17.5 Å². The number of hydrogen-bond donors (Lipinski definition) is 2. The van der Waals surface area contributed by atoms with E-state index in [1.54, 1.807) is 6.92 Å². The third-order valence-electron chi connectivity index (χ3n) is 2.63. The van der Waals surface area contributed by atoms with Crippen molar-refractivity contribution in [2.24, 2.45) is 0 Å². The lowest BCUT2D eigenvalue weighted by atomic mass is 10.2. The van der Waals surface area contributed by atoms with E-state index in [0.717, 1.165) is 18.2 Å². The molecule has 0 atom stereocenters. The number of rotatable bonds is 4. The van der Waals surface area contributed by atoms with E-state index in [4.69, 9.17) is 10.5 Å². The summed E-state index contributed by atoms with van der Waals surface area (Å²) in [5, 5.41) is 2.51. The number of ether oxygens (including phenoxy) is 1. The van der Waals surface area contributed by atoms with E-state index in [2.05, 4.69) is 5.32 Å². The first kappa shape index (κ1) is 14.0. The zero-order valence-electron chi connectivity index (χ0n) is 10.7. The topological polar surface area (TPSA) is 47.3 Å². The summed E-state index contributed by atoms with van der Waals surface area (Å²) in [6.45, 7) is 1.95. The second kappa shape index (κ2) is 5.73. The highest BCUT2D eigenvalue weighted by Crippen LogP contribution is 2.32. The van der Waals surface area contributed by atoms with Crippen LogP contribution < -0.4 is 15.8 Å². The minimum Gasteiger partial charge on any atom is -0.491 e. The van der Waals surface area contributed by atoms with Gasteiger partial charge in [0.15, 0.2) is 11.6 Å². The van der Waals surface area contributed by atoms with Gasteiger partial charge in [0.25, 0.3) is 0 Å². The smallest absolute Gasteiger partial charge is 0.167 e. The summed E-state index contributed by atoms with van der Waals surface area (Å²) in [7, 11) is 0. The van der Waals surface area contributed by atoms with Gasteiger partial charge in [-0.05, 0) is 19.1 Å². The van der Waals surface area contributed by atoms with E-state index < -0.39 is 17.5 Å². The highest BCUT2D eigenvalue weighted by atomic mass is 19.1. The number of halogens is 3. The van der Waals surface area contributed by atoms with Crippen LogP contribution in [-0.2, 0) is 0 Å². The van der Waals surface area contributed by atoms with Crippen LogP contribution in [0.15, 0.2) is 30.3 Å². The van der Waals surface area contributed by atoms with E-state index in [0.29, 0.717) is 0 Å². The van der Waals surface area contributed by atoms with Gasteiger partial charge in [0.2, 0.25) is 0 Å². The fourth-order valence-corrected chi connectivity index (χ4v) is 1.70. The summed E-state index contributed by atoms with van der Waals surface area (Å²) in [6.07, 6.45) is 0. The summed E-state index contributed by atoms with van der Waals surface area (Å²) < 4.78 is 45.7. The Kier molecular flexibility index (Phi) is 4.02. The molecule has 0 fully saturated rings. The molecule has 3 nitrogen and oxygen atoms in total. The average Bonchev–Trinajstić information content (AvgIpc) is 2.39. The lowest BCUT2D eigenvalue weighted by Crippen LogP contribution is -2.03. The number of para-hydroxylation sites is 1. The number of nitrogens with one attached hydrogen (secondary N) is 1. The van der Waals surface area contributed by atoms with Gasteiger partial charge in [-0.3, -0.25) is 0 Å². The molecule has 0 bridgehead atoms. The van der Waals surface area contributed by atoms with Crippen molar-refractivity contribution < 1.29 is 17.9 Å². The van der Waals surface area contributed by atoms with E-state index in [1.807, 2.05) is 0 Å². The summed E-state index contributed by atoms with van der Waals surface area (Å²) in [6, 6.07) is 5.75. The number of anilines is 3. The minimum atomic E-state index is -0.772. The Hall–Kier alpha value is -2.37. The first-order valence-corrected chi connectivity index (χ1v) is 5.95. The SMILES string of the molecule is CCOc1cc(Nc2c(F)cccc2F)c(N)cc1F. The van der Waals surface area contributed by atoms with Gasteiger partial charge in [0.05, 0.1) is 18.0 Å². The van der Waals surface area contributed by atoms with Crippen molar-refractivity contribution in [2.45, 2.75) is 6.92 Å². The molecule has 0 saturated carbocycles. The van der Waals surface area contributed by atoms with Gasteiger partial charge in [-0.2, -0.15) is 0 Å². The van der Waals surface area contributed by atoms with Gasteiger partial charge >= 0.3 is 0 Å². The first-order chi connectivity index (χ1) is 9.52. The lowest BCUT2D eigenvalue weighted by molar-refractivity contribution is 0.322. The molecule has 20 heavy (non-hydrogen) atoms. The second-order valence-electron chi connectivity index (χ2n) is 4.02. The molecule has 106 valence electrons. The fraction of sp³-hybridized carbons (Fsp3) is 0.143. The molecule has 2 aromatic rings. The lowest BCUT2D eigenvalue weighted by Gasteiger charge is -2.13. The molecule has 2 aromatic carbocycles. The molecule has 0 spiro atoms. The Morgan fingerprint density at radius 2 is 1.75 bits per heavy atom. The summed E-state index contributed by atoms with van der Waals surface area (Å²) >= 11 is 0. The third-order valence-corrected chi connectivity index (χ3v) is 2.63. The second-order valence-corrected chi connectivity index (χ2v) is 4.02. The predicted molar refractivity (Wildman–Crippen MR) is 71.6 cm³/mol. The highest BCUT2D eigenvalue weighted by molar-refractivity contribution is 5.74. The van der Waals surface area contributed by atoms with Crippen LogP contribution in [0.1, 0.15) is 6.92 Å². The summed E-state index contributed by atoms with van der Waals surface area (Å²) in [5.74, 6) is -2.22. The van der Waals surface area contributed by atoms with E-state index in [1.165, 1.54) is 12.1 Å². The molecule has 2 rings (SSSR count). The van der Waals surface area contributed by atoms with Gasteiger partial charge in [-0.1, -0.05) is 6.07 Å². The molecule has 0 amide bonds. The summed E-state index contributed by atoms with van der Waals surface area (Å²) in [4.78, 5) is 0. The quantitative estimate of drug-likeness (QED) is 0.838. The average molecular weight is 282 g/mol. The molecule has 0 unspecified atom stereocenters. The third kappa shape index (κ3) is 2.79. The monoisotopic (exact) mass is 282 g/mol. The number of benzene rings is 2. The molecule has 0 radical (unpaired) electrons. The highest BCUT2D eigenvalue weighted by Gasteiger charge is 2.13. The molecule has 0 aliphatic rings. The number of nitrogens with two attached hydrogens (primary N) is 1. The molecule has 3 N–H and O–H groups in total. The Morgan fingerprint density at radius 1 is 1.10 bits per heavy atom. The van der Waals surface area contributed by atoms with Crippen LogP contribution >= 0.6 is 0 Å². The van der Waals surface area contributed by atoms with Crippen molar-refractivity contribution in [3.8, 4) is 5.75 Å². The normalized spacial score (nSPS) is 10.4. The van der Waals surface area contributed by atoms with Crippen LogP contribution in [0.3, 0.4) is 0 Å². The fourth-order valence-electron chi connectivity index (χ4n) is 1.70. The standard InChI is InChI=1S/C14H13F3N2O/c1-2-20-13-7-12(11(18)6-10(13)17)19-14-8(15)4-3-5-9(14)16/h3-7,19H,2,18H2,1H3. The predicted octanol–water partition coefficient (Wildman–Crippen LogP) is 3.83. The largest absolute Gasteiger partial charge is 0.491 e. The van der Waals surface area contributed by atoms with Crippen molar-refractivity contribution in [1.82, 2.24) is 0 Å². The molecule has 0 aliphatic carbocycles. The van der Waals surface area contributed by atoms with Gasteiger partial charge in [-0.25, -0.2) is 13.2 Å². The molecular formula is C14H13F3N2O. The summed E-state index contributed by atoms with van der Waals surface area (Å²) in [5.41, 5.74) is 5.47. The maximum atomic E-state index is 13.5.